The molecule has 0 atom stereocenters. The monoisotopic (exact) mass is 273 g/mol. The number of nitrogens with one attached hydrogen (secondary N) is 2. The van der Waals surface area contributed by atoms with Crippen molar-refractivity contribution in [1.29, 1.82) is 0 Å². The first-order valence-electron chi connectivity index (χ1n) is 5.49. The number of anilines is 1. The highest BCUT2D eigenvalue weighted by atomic mass is 32.2. The van der Waals surface area contributed by atoms with E-state index in [1.54, 1.807) is 30.5 Å². The first-order chi connectivity index (χ1) is 9.25. The van der Waals surface area contributed by atoms with Gasteiger partial charge in [-0.1, -0.05) is 18.2 Å². The van der Waals surface area contributed by atoms with Crippen molar-refractivity contribution in [2.24, 2.45) is 0 Å². The second-order valence-corrected chi connectivity index (χ2v) is 4.33. The van der Waals surface area contributed by atoms with Crippen molar-refractivity contribution in [3.63, 3.8) is 0 Å². The van der Waals surface area contributed by atoms with Crippen LogP contribution in [-0.2, 0) is 0 Å². The Balaban J connectivity index is 1.83. The number of para-hydroxylation sites is 1. The average Bonchev–Trinajstić information content (AvgIpc) is 2.47. The number of hydrogen-bond acceptors (Lipinski definition) is 4. The topological polar surface area (TPSA) is 71.1 Å². The highest BCUT2D eigenvalue weighted by Crippen LogP contribution is 2.09. The van der Waals surface area contributed by atoms with Crippen LogP contribution in [0.1, 0.15) is 10.4 Å². The molecule has 0 saturated heterocycles. The zero-order chi connectivity index (χ0) is 13.5. The lowest BCUT2D eigenvalue weighted by Gasteiger charge is -2.05. The van der Waals surface area contributed by atoms with Gasteiger partial charge in [0.05, 0.1) is 17.5 Å². The first kappa shape index (κ1) is 13.1. The molecule has 1 aromatic heterocycles. The quantitative estimate of drug-likeness (QED) is 0.825. The predicted molar refractivity (Wildman–Crippen MR) is 74.8 cm³/mol. The molecule has 19 heavy (non-hydrogen) atoms. The van der Waals surface area contributed by atoms with E-state index in [1.165, 1.54) is 6.20 Å². The Kier molecular flexibility index (Phi) is 4.52. The fourth-order valence-electron chi connectivity index (χ4n) is 1.31. The lowest BCUT2D eigenvalue weighted by Crippen LogP contribution is -2.20. The molecule has 0 spiro atoms. The summed E-state index contributed by atoms with van der Waals surface area (Å²) in [6.45, 7) is 0. The molecule has 0 fully saturated rings. The molecule has 2 aromatic rings. The first-order valence-corrected chi connectivity index (χ1v) is 6.30. The van der Waals surface area contributed by atoms with Gasteiger partial charge in [0.25, 0.3) is 5.91 Å². The van der Waals surface area contributed by atoms with Gasteiger partial charge in [0.1, 0.15) is 0 Å². The van der Waals surface area contributed by atoms with Crippen molar-refractivity contribution in [3.8, 4) is 0 Å². The van der Waals surface area contributed by atoms with Crippen molar-refractivity contribution < 1.29 is 9.59 Å². The molecule has 2 rings (SSSR count). The largest absolute Gasteiger partial charge is 0.315 e. The second kappa shape index (κ2) is 6.55. The highest BCUT2D eigenvalue weighted by Gasteiger charge is 2.08. The van der Waals surface area contributed by atoms with Gasteiger partial charge < -0.3 is 5.32 Å². The summed E-state index contributed by atoms with van der Waals surface area (Å²) in [5.74, 6) is -0.360. The molecule has 0 radical (unpaired) electrons. The number of amides is 2. The molecular weight excluding hydrogens is 262 g/mol. The summed E-state index contributed by atoms with van der Waals surface area (Å²) in [7, 11) is 0. The van der Waals surface area contributed by atoms with Gasteiger partial charge in [0, 0.05) is 18.1 Å². The summed E-state index contributed by atoms with van der Waals surface area (Å²) in [5.41, 5.74) is 1.08. The van der Waals surface area contributed by atoms with Gasteiger partial charge in [-0.25, -0.2) is 0 Å². The van der Waals surface area contributed by atoms with Gasteiger partial charge >= 0.3 is 5.24 Å². The van der Waals surface area contributed by atoms with Gasteiger partial charge in [-0.15, -0.1) is 0 Å². The van der Waals surface area contributed by atoms with Gasteiger partial charge in [-0.2, -0.15) is 0 Å². The lowest BCUT2D eigenvalue weighted by molar-refractivity contribution is 0.0984. The zero-order valence-electron chi connectivity index (χ0n) is 9.87. The number of aromatic nitrogens is 1. The normalized spacial score (nSPS) is 9.68. The lowest BCUT2D eigenvalue weighted by atomic mass is 10.3. The third-order valence-corrected chi connectivity index (χ3v) is 2.76. The van der Waals surface area contributed by atoms with Crippen LogP contribution in [0.15, 0.2) is 54.9 Å². The van der Waals surface area contributed by atoms with E-state index in [-0.39, 0.29) is 11.1 Å². The molecular formula is C13H11N3O2S. The molecule has 1 aromatic carbocycles. The Hall–Kier alpha value is -2.34. The summed E-state index contributed by atoms with van der Waals surface area (Å²) in [5, 5.41) is 2.28. The standard InChI is InChI=1S/C13H11N3O2S/c17-12(10-5-4-8-14-9-10)16-19-13(18)15-11-6-2-1-3-7-11/h1-9H,(H,15,18)(H,16,17). The Morgan fingerprint density at radius 3 is 2.53 bits per heavy atom. The smallest absolute Gasteiger partial charge is 0.304 e. The average molecular weight is 273 g/mol. The fraction of sp³-hybridized carbons (Fsp3) is 0. The maximum Gasteiger partial charge on any atom is 0.304 e. The van der Waals surface area contributed by atoms with Crippen molar-refractivity contribution in [3.05, 3.63) is 60.4 Å². The van der Waals surface area contributed by atoms with E-state index in [9.17, 15) is 9.59 Å². The summed E-state index contributed by atoms with van der Waals surface area (Å²) >= 11 is 0.697. The number of benzene rings is 1. The van der Waals surface area contributed by atoms with E-state index in [0.717, 1.165) is 0 Å². The van der Waals surface area contributed by atoms with Crippen LogP contribution in [0, 0.1) is 0 Å². The van der Waals surface area contributed by atoms with Crippen LogP contribution in [0.3, 0.4) is 0 Å². The van der Waals surface area contributed by atoms with Crippen molar-refractivity contribution in [2.75, 3.05) is 5.32 Å². The molecule has 6 heteroatoms. The van der Waals surface area contributed by atoms with E-state index in [0.29, 0.717) is 23.2 Å². The van der Waals surface area contributed by atoms with Crippen LogP contribution in [0.25, 0.3) is 0 Å². The minimum atomic E-state index is -0.360. The molecule has 96 valence electrons. The maximum atomic E-state index is 11.6. The van der Waals surface area contributed by atoms with E-state index in [4.69, 9.17) is 0 Å². The molecule has 0 unspecified atom stereocenters. The van der Waals surface area contributed by atoms with Crippen LogP contribution in [0.4, 0.5) is 10.5 Å². The van der Waals surface area contributed by atoms with Crippen LogP contribution in [0.5, 0.6) is 0 Å². The fourth-order valence-corrected chi connectivity index (χ4v) is 1.79. The minimum Gasteiger partial charge on any atom is -0.315 e. The third-order valence-electron chi connectivity index (χ3n) is 2.18. The Morgan fingerprint density at radius 1 is 1.05 bits per heavy atom. The number of carbonyl (C=O) groups excluding carboxylic acids is 2. The molecule has 5 nitrogen and oxygen atoms in total. The van der Waals surface area contributed by atoms with E-state index >= 15 is 0 Å². The van der Waals surface area contributed by atoms with Crippen LogP contribution >= 0.6 is 11.9 Å². The number of rotatable bonds is 2. The molecule has 1 heterocycles. The summed E-state index contributed by atoms with van der Waals surface area (Å²) in [6.07, 6.45) is 3.01. The van der Waals surface area contributed by atoms with Gasteiger partial charge in [0.2, 0.25) is 0 Å². The molecule has 0 bridgehead atoms. The molecule has 2 amide bonds. The number of pyridine rings is 1. The maximum absolute atomic E-state index is 11.6. The van der Waals surface area contributed by atoms with E-state index in [2.05, 4.69) is 15.0 Å². The van der Waals surface area contributed by atoms with Crippen LogP contribution < -0.4 is 10.0 Å². The van der Waals surface area contributed by atoms with E-state index < -0.39 is 0 Å². The third kappa shape index (κ3) is 4.11. The molecule has 0 aliphatic heterocycles. The predicted octanol–water partition coefficient (Wildman–Crippen LogP) is 2.69. The van der Waals surface area contributed by atoms with Crippen molar-refractivity contribution >= 4 is 28.8 Å². The number of carbonyl (C=O) groups is 2. The van der Waals surface area contributed by atoms with Crippen molar-refractivity contribution in [2.45, 2.75) is 0 Å². The molecule has 0 aliphatic carbocycles. The minimum absolute atomic E-state index is 0.358. The van der Waals surface area contributed by atoms with Gasteiger partial charge in [-0.3, -0.25) is 19.3 Å². The summed E-state index contributed by atoms with van der Waals surface area (Å²) < 4.78 is 2.44. The van der Waals surface area contributed by atoms with Crippen molar-refractivity contribution in [1.82, 2.24) is 9.71 Å². The summed E-state index contributed by atoms with van der Waals surface area (Å²) in [6, 6.07) is 12.3. The number of nitrogens with zero attached hydrogens (tertiary/aromatic N) is 1. The Bertz CT molecular complexity index is 561. The summed E-state index contributed by atoms with van der Waals surface area (Å²) in [4.78, 5) is 27.0. The SMILES string of the molecule is O=C(Nc1ccccc1)SNC(=O)c1cccnc1. The molecule has 2 N–H and O–H groups in total. The molecule has 0 saturated carbocycles. The zero-order valence-corrected chi connectivity index (χ0v) is 10.7. The number of hydrogen-bond donors (Lipinski definition) is 2. The van der Waals surface area contributed by atoms with Crippen LogP contribution in [0.2, 0.25) is 0 Å². The van der Waals surface area contributed by atoms with Crippen LogP contribution in [-0.4, -0.2) is 16.1 Å². The Labute approximate surface area is 114 Å². The second-order valence-electron chi connectivity index (χ2n) is 3.55. The van der Waals surface area contributed by atoms with Gasteiger partial charge in [0.15, 0.2) is 0 Å². The van der Waals surface area contributed by atoms with E-state index in [1.807, 2.05) is 18.2 Å². The highest BCUT2D eigenvalue weighted by molar-refractivity contribution is 8.12. The Morgan fingerprint density at radius 2 is 1.84 bits per heavy atom. The molecule has 0 aliphatic rings. The van der Waals surface area contributed by atoms with Gasteiger partial charge in [-0.05, 0) is 24.3 Å².